The molecule has 100 valence electrons. The zero-order valence-corrected chi connectivity index (χ0v) is 11.7. The lowest BCUT2D eigenvalue weighted by Crippen LogP contribution is -2.28. The van der Waals surface area contributed by atoms with E-state index in [9.17, 15) is 5.11 Å². The van der Waals surface area contributed by atoms with Gasteiger partial charge in [0.1, 0.15) is 5.75 Å². The van der Waals surface area contributed by atoms with Crippen LogP contribution in [-0.4, -0.2) is 16.4 Å². The summed E-state index contributed by atoms with van der Waals surface area (Å²) in [5.74, 6) is 0.375. The monoisotopic (exact) mass is 281 g/mol. The van der Waals surface area contributed by atoms with Crippen molar-refractivity contribution in [2.45, 2.75) is 16.7 Å². The van der Waals surface area contributed by atoms with Gasteiger partial charge in [-0.15, -0.1) is 11.8 Å². The molecule has 0 bridgehead atoms. The highest BCUT2D eigenvalue weighted by atomic mass is 32.2. The highest BCUT2D eigenvalue weighted by molar-refractivity contribution is 8.00. The van der Waals surface area contributed by atoms with Crippen molar-refractivity contribution in [3.63, 3.8) is 0 Å². The molecule has 0 amide bonds. The predicted molar refractivity (Wildman–Crippen MR) is 84.9 cm³/mol. The van der Waals surface area contributed by atoms with Crippen LogP contribution in [0.1, 0.15) is 10.9 Å². The Kier molecular flexibility index (Phi) is 2.83. The standard InChI is InChI=1S/C17H15NOS/c19-14-10-9-11-5-1-2-6-12(11)16(14)17-18-13-7-3-4-8-15(13)20-17/h1-10,13,15,17-19H. The Hall–Kier alpha value is -1.71. The molecule has 2 aliphatic rings. The van der Waals surface area contributed by atoms with Crippen LogP contribution in [0.4, 0.5) is 0 Å². The van der Waals surface area contributed by atoms with Gasteiger partial charge < -0.3 is 5.11 Å². The maximum Gasteiger partial charge on any atom is 0.121 e. The minimum absolute atomic E-state index is 0.128. The Morgan fingerprint density at radius 2 is 1.85 bits per heavy atom. The molecule has 4 rings (SSSR count). The molecule has 0 spiro atoms. The van der Waals surface area contributed by atoms with Gasteiger partial charge in [0, 0.05) is 16.9 Å². The van der Waals surface area contributed by atoms with E-state index < -0.39 is 0 Å². The Morgan fingerprint density at radius 3 is 2.75 bits per heavy atom. The van der Waals surface area contributed by atoms with Crippen molar-refractivity contribution in [2.24, 2.45) is 0 Å². The van der Waals surface area contributed by atoms with Gasteiger partial charge in [-0.25, -0.2) is 0 Å². The molecule has 0 aromatic heterocycles. The molecule has 0 saturated carbocycles. The smallest absolute Gasteiger partial charge is 0.121 e. The summed E-state index contributed by atoms with van der Waals surface area (Å²) in [5.41, 5.74) is 1.00. The van der Waals surface area contributed by atoms with Gasteiger partial charge in [-0.1, -0.05) is 54.6 Å². The number of fused-ring (bicyclic) bond motifs is 2. The number of thioether (sulfide) groups is 1. The number of phenolic OH excluding ortho intramolecular Hbond substituents is 1. The average molecular weight is 281 g/mol. The molecule has 1 aliphatic carbocycles. The fourth-order valence-corrected chi connectivity index (χ4v) is 4.40. The SMILES string of the molecule is Oc1ccc2ccccc2c1C1NC2C=CC=CC2S1. The van der Waals surface area contributed by atoms with E-state index in [1.165, 1.54) is 5.39 Å². The number of phenols is 1. The van der Waals surface area contributed by atoms with E-state index in [1.54, 1.807) is 6.07 Å². The fraction of sp³-hybridized carbons (Fsp3) is 0.176. The highest BCUT2D eigenvalue weighted by Gasteiger charge is 2.34. The van der Waals surface area contributed by atoms with Crippen molar-refractivity contribution >= 4 is 22.5 Å². The first-order chi connectivity index (χ1) is 9.83. The second-order valence-electron chi connectivity index (χ2n) is 5.16. The van der Waals surface area contributed by atoms with Crippen molar-refractivity contribution in [1.29, 1.82) is 0 Å². The summed E-state index contributed by atoms with van der Waals surface area (Å²) in [7, 11) is 0. The molecule has 2 N–H and O–H groups in total. The second-order valence-corrected chi connectivity index (χ2v) is 6.45. The zero-order chi connectivity index (χ0) is 13.5. The number of nitrogens with one attached hydrogen (secondary N) is 1. The molecule has 1 saturated heterocycles. The Bertz CT molecular complexity index is 702. The van der Waals surface area contributed by atoms with Gasteiger partial charge in [0.25, 0.3) is 0 Å². The summed E-state index contributed by atoms with van der Waals surface area (Å²) < 4.78 is 0. The van der Waals surface area contributed by atoms with Crippen LogP contribution < -0.4 is 5.32 Å². The van der Waals surface area contributed by atoms with Gasteiger partial charge in [-0.3, -0.25) is 5.32 Å². The number of allylic oxidation sites excluding steroid dienone is 2. The predicted octanol–water partition coefficient (Wildman–Crippen LogP) is 3.74. The van der Waals surface area contributed by atoms with Crippen LogP contribution in [0.5, 0.6) is 5.75 Å². The summed E-state index contributed by atoms with van der Waals surface area (Å²) in [6.07, 6.45) is 8.60. The van der Waals surface area contributed by atoms with Gasteiger partial charge in [-0.2, -0.15) is 0 Å². The van der Waals surface area contributed by atoms with Gasteiger partial charge in [-0.05, 0) is 16.8 Å². The van der Waals surface area contributed by atoms with Crippen LogP contribution in [0.25, 0.3) is 10.8 Å². The first-order valence-corrected chi connectivity index (χ1v) is 7.74. The third-order valence-electron chi connectivity index (χ3n) is 3.93. The third-order valence-corrected chi connectivity index (χ3v) is 5.34. The number of hydrogen-bond acceptors (Lipinski definition) is 3. The number of aromatic hydroxyl groups is 1. The van der Waals surface area contributed by atoms with Crippen molar-refractivity contribution in [3.8, 4) is 5.75 Å². The molecular weight excluding hydrogens is 266 g/mol. The van der Waals surface area contributed by atoms with Crippen molar-refractivity contribution in [3.05, 3.63) is 66.3 Å². The maximum atomic E-state index is 10.3. The van der Waals surface area contributed by atoms with E-state index in [1.807, 2.05) is 30.0 Å². The Morgan fingerprint density at radius 1 is 1.00 bits per heavy atom. The third kappa shape index (κ3) is 1.86. The van der Waals surface area contributed by atoms with Gasteiger partial charge in [0.05, 0.1) is 5.37 Å². The number of rotatable bonds is 1. The minimum Gasteiger partial charge on any atom is -0.508 e. The lowest BCUT2D eigenvalue weighted by molar-refractivity contribution is 0.465. The average Bonchev–Trinajstić information content (AvgIpc) is 2.90. The molecule has 2 aromatic rings. The molecule has 0 radical (unpaired) electrons. The van der Waals surface area contributed by atoms with Crippen LogP contribution >= 0.6 is 11.8 Å². The van der Waals surface area contributed by atoms with Gasteiger partial charge >= 0.3 is 0 Å². The molecule has 1 heterocycles. The summed E-state index contributed by atoms with van der Waals surface area (Å²) in [6, 6.07) is 12.4. The topological polar surface area (TPSA) is 32.3 Å². The van der Waals surface area contributed by atoms with Crippen LogP contribution in [-0.2, 0) is 0 Å². The molecular formula is C17H15NOS. The normalized spacial score (nSPS) is 27.9. The minimum atomic E-state index is 0.128. The summed E-state index contributed by atoms with van der Waals surface area (Å²) in [5, 5.41) is 16.8. The first-order valence-electron chi connectivity index (χ1n) is 6.80. The van der Waals surface area contributed by atoms with Crippen LogP contribution in [0.2, 0.25) is 0 Å². The van der Waals surface area contributed by atoms with Crippen LogP contribution in [0.15, 0.2) is 60.7 Å². The van der Waals surface area contributed by atoms with E-state index >= 15 is 0 Å². The van der Waals surface area contributed by atoms with Crippen molar-refractivity contribution in [1.82, 2.24) is 5.32 Å². The lowest BCUT2D eigenvalue weighted by Gasteiger charge is -2.16. The van der Waals surface area contributed by atoms with Crippen LogP contribution in [0.3, 0.4) is 0 Å². The largest absolute Gasteiger partial charge is 0.508 e. The lowest BCUT2D eigenvalue weighted by atomic mass is 10.0. The molecule has 2 nitrogen and oxygen atoms in total. The fourth-order valence-electron chi connectivity index (χ4n) is 2.95. The first kappa shape index (κ1) is 12.1. The van der Waals surface area contributed by atoms with Crippen molar-refractivity contribution in [2.75, 3.05) is 0 Å². The number of benzene rings is 2. The molecule has 3 unspecified atom stereocenters. The van der Waals surface area contributed by atoms with Gasteiger partial charge in [0.2, 0.25) is 0 Å². The Labute approximate surface area is 122 Å². The van der Waals surface area contributed by atoms with Gasteiger partial charge in [0.15, 0.2) is 0 Å². The highest BCUT2D eigenvalue weighted by Crippen LogP contribution is 2.45. The summed E-state index contributed by atoms with van der Waals surface area (Å²) in [4.78, 5) is 0. The summed E-state index contributed by atoms with van der Waals surface area (Å²) >= 11 is 1.87. The maximum absolute atomic E-state index is 10.3. The quantitative estimate of drug-likeness (QED) is 0.835. The second kappa shape index (κ2) is 4.69. The molecule has 2 aromatic carbocycles. The van der Waals surface area contributed by atoms with E-state index in [-0.39, 0.29) is 5.37 Å². The van der Waals surface area contributed by atoms with E-state index in [0.29, 0.717) is 17.0 Å². The molecule has 1 fully saturated rings. The Balaban J connectivity index is 1.81. The van der Waals surface area contributed by atoms with E-state index in [2.05, 4.69) is 41.8 Å². The number of hydrogen-bond donors (Lipinski definition) is 2. The summed E-state index contributed by atoms with van der Waals surface area (Å²) in [6.45, 7) is 0. The molecule has 1 aliphatic heterocycles. The van der Waals surface area contributed by atoms with E-state index in [0.717, 1.165) is 10.9 Å². The van der Waals surface area contributed by atoms with E-state index in [4.69, 9.17) is 0 Å². The van der Waals surface area contributed by atoms with Crippen LogP contribution in [0, 0.1) is 0 Å². The zero-order valence-electron chi connectivity index (χ0n) is 10.9. The molecule has 3 heteroatoms. The van der Waals surface area contributed by atoms with Crippen molar-refractivity contribution < 1.29 is 5.11 Å². The molecule has 3 atom stereocenters. The molecule has 20 heavy (non-hydrogen) atoms.